The van der Waals surface area contributed by atoms with Crippen molar-refractivity contribution in [2.24, 2.45) is 11.8 Å². The Morgan fingerprint density at radius 1 is 0.974 bits per heavy atom. The van der Waals surface area contributed by atoms with Crippen LogP contribution in [0.1, 0.15) is 70.1 Å². The highest BCUT2D eigenvalue weighted by molar-refractivity contribution is 7.99. The first-order valence-corrected chi connectivity index (χ1v) is 15.0. The zero-order chi connectivity index (χ0) is 27.2. The van der Waals surface area contributed by atoms with E-state index in [1.54, 1.807) is 6.26 Å². The van der Waals surface area contributed by atoms with Gasteiger partial charge in [-0.3, -0.25) is 9.59 Å². The number of ketones is 1. The predicted octanol–water partition coefficient (Wildman–Crippen LogP) is 5.92. The van der Waals surface area contributed by atoms with Gasteiger partial charge in [0, 0.05) is 0 Å². The average Bonchev–Trinajstić information content (AvgIpc) is 3.28. The molecule has 1 aliphatic carbocycles. The number of thioether (sulfide) groups is 1. The summed E-state index contributed by atoms with van der Waals surface area (Å²) >= 11 is 1.45. The molecule has 1 aromatic heterocycles. The van der Waals surface area contributed by atoms with Crippen LogP contribution in [0, 0.1) is 11.8 Å². The lowest BCUT2D eigenvalue weighted by Crippen LogP contribution is -2.53. The molecule has 2 amide bonds. The number of amides is 2. The largest absolute Gasteiger partial charge is 0.468 e. The van der Waals surface area contributed by atoms with E-state index in [4.69, 9.17) is 9.15 Å². The van der Waals surface area contributed by atoms with Gasteiger partial charge in [-0.2, -0.15) is 0 Å². The highest BCUT2D eigenvalue weighted by atomic mass is 32.2. The topological polar surface area (TPSA) is 97.6 Å². The van der Waals surface area contributed by atoms with Gasteiger partial charge < -0.3 is 19.8 Å². The van der Waals surface area contributed by atoms with Crippen LogP contribution in [0.3, 0.4) is 0 Å². The fraction of sp³-hybridized carbons (Fsp3) is 0.567. The van der Waals surface area contributed by atoms with Crippen molar-refractivity contribution in [3.05, 3.63) is 60.1 Å². The minimum absolute atomic E-state index is 0.0713. The summed E-state index contributed by atoms with van der Waals surface area (Å²) in [5.41, 5.74) is 0.957. The molecule has 3 rings (SSSR count). The van der Waals surface area contributed by atoms with Gasteiger partial charge in [0.25, 0.3) is 0 Å². The molecule has 8 heteroatoms. The third-order valence-corrected chi connectivity index (χ3v) is 7.77. The quantitative estimate of drug-likeness (QED) is 0.288. The normalized spacial score (nSPS) is 15.9. The molecule has 0 saturated heterocycles. The van der Waals surface area contributed by atoms with Gasteiger partial charge in [-0.15, -0.1) is 11.8 Å². The summed E-state index contributed by atoms with van der Waals surface area (Å²) in [5.74, 6) is 1.73. The Hall–Kier alpha value is -2.74. The van der Waals surface area contributed by atoms with Gasteiger partial charge in [-0.25, -0.2) is 4.79 Å². The van der Waals surface area contributed by atoms with Crippen molar-refractivity contribution in [3.63, 3.8) is 0 Å². The van der Waals surface area contributed by atoms with Gasteiger partial charge in [0.05, 0.1) is 30.4 Å². The standard InChI is InChI=1S/C30H42N2O5S/c1-22(2)17-27(32-30(35)37-19-24-13-6-3-4-7-14-24)29(34)31-26(18-23-11-8-5-9-12-23)28(33)21-38-20-25-15-10-16-36-25/h5,8-12,15-16,22,24,26-27H,3-4,6-7,13-14,17-21H2,1-2H3,(H,31,34)(H,32,35). The Balaban J connectivity index is 1.60. The number of carbonyl (C=O) groups is 3. The van der Waals surface area contributed by atoms with Crippen LogP contribution in [0.4, 0.5) is 4.79 Å². The number of benzene rings is 1. The average molecular weight is 543 g/mol. The Bertz CT molecular complexity index is 972. The molecule has 1 heterocycles. The van der Waals surface area contributed by atoms with Crippen LogP contribution in [0.2, 0.25) is 0 Å². The van der Waals surface area contributed by atoms with E-state index in [0.29, 0.717) is 31.1 Å². The number of furan rings is 1. The lowest BCUT2D eigenvalue weighted by atomic mass is 10.00. The number of carbonyl (C=O) groups excluding carboxylic acids is 3. The molecule has 2 aromatic rings. The third kappa shape index (κ3) is 10.9. The third-order valence-electron chi connectivity index (χ3n) is 6.80. The molecule has 0 bridgehead atoms. The second-order valence-corrected chi connectivity index (χ2v) is 11.6. The molecule has 1 saturated carbocycles. The van der Waals surface area contributed by atoms with Gasteiger partial charge in [-0.05, 0) is 55.2 Å². The highest BCUT2D eigenvalue weighted by Gasteiger charge is 2.28. The monoisotopic (exact) mass is 542 g/mol. The van der Waals surface area contributed by atoms with Gasteiger partial charge in [0.1, 0.15) is 11.8 Å². The van der Waals surface area contributed by atoms with Crippen molar-refractivity contribution in [1.82, 2.24) is 10.6 Å². The molecule has 0 radical (unpaired) electrons. The lowest BCUT2D eigenvalue weighted by Gasteiger charge is -2.24. The second kappa shape index (κ2) is 16.3. The molecule has 2 unspecified atom stereocenters. The Morgan fingerprint density at radius 3 is 2.37 bits per heavy atom. The van der Waals surface area contributed by atoms with Crippen LogP contribution in [-0.2, 0) is 26.5 Å². The zero-order valence-corrected chi connectivity index (χ0v) is 23.5. The van der Waals surface area contributed by atoms with E-state index in [2.05, 4.69) is 10.6 Å². The zero-order valence-electron chi connectivity index (χ0n) is 22.7. The molecular weight excluding hydrogens is 500 g/mol. The highest BCUT2D eigenvalue weighted by Crippen LogP contribution is 2.23. The first kappa shape index (κ1) is 29.8. The van der Waals surface area contributed by atoms with Crippen LogP contribution in [0.15, 0.2) is 53.1 Å². The van der Waals surface area contributed by atoms with Crippen molar-refractivity contribution in [3.8, 4) is 0 Å². The molecule has 2 N–H and O–H groups in total. The maximum absolute atomic E-state index is 13.4. The first-order chi connectivity index (χ1) is 18.4. The number of alkyl carbamates (subject to hydrolysis) is 1. The lowest BCUT2D eigenvalue weighted by molar-refractivity contribution is -0.128. The van der Waals surface area contributed by atoms with E-state index < -0.39 is 18.2 Å². The minimum Gasteiger partial charge on any atom is -0.468 e. The van der Waals surface area contributed by atoms with Crippen LogP contribution in [0.25, 0.3) is 0 Å². The number of hydrogen-bond donors (Lipinski definition) is 2. The van der Waals surface area contributed by atoms with Crippen molar-refractivity contribution in [2.45, 2.75) is 83.1 Å². The Labute approximate surface area is 230 Å². The minimum atomic E-state index is -0.779. The van der Waals surface area contributed by atoms with E-state index >= 15 is 0 Å². The smallest absolute Gasteiger partial charge is 0.407 e. The van der Waals surface area contributed by atoms with Crippen LogP contribution in [0.5, 0.6) is 0 Å². The van der Waals surface area contributed by atoms with Crippen LogP contribution in [-0.4, -0.2) is 42.2 Å². The summed E-state index contributed by atoms with van der Waals surface area (Å²) in [6, 6.07) is 11.8. The number of ether oxygens (including phenoxy) is 1. The van der Waals surface area contributed by atoms with Gasteiger partial charge >= 0.3 is 6.09 Å². The molecule has 1 fully saturated rings. The number of rotatable bonds is 14. The van der Waals surface area contributed by atoms with Crippen molar-refractivity contribution in [1.29, 1.82) is 0 Å². The predicted molar refractivity (Wildman–Crippen MR) is 151 cm³/mol. The molecule has 0 aliphatic heterocycles. The maximum atomic E-state index is 13.4. The fourth-order valence-corrected chi connectivity index (χ4v) is 5.60. The number of hydrogen-bond acceptors (Lipinski definition) is 6. The summed E-state index contributed by atoms with van der Waals surface area (Å²) < 4.78 is 10.9. The molecule has 208 valence electrons. The van der Waals surface area contributed by atoms with E-state index in [1.165, 1.54) is 37.4 Å². The molecule has 2 atom stereocenters. The summed E-state index contributed by atoms with van der Waals surface area (Å²) in [4.78, 5) is 39.2. The van der Waals surface area contributed by atoms with Crippen molar-refractivity contribution in [2.75, 3.05) is 12.4 Å². The van der Waals surface area contributed by atoms with Crippen LogP contribution < -0.4 is 10.6 Å². The van der Waals surface area contributed by atoms with Gasteiger partial charge in [0.15, 0.2) is 5.78 Å². The first-order valence-electron chi connectivity index (χ1n) is 13.8. The Kier molecular flexibility index (Phi) is 12.8. The van der Waals surface area contributed by atoms with Crippen molar-refractivity contribution < 1.29 is 23.5 Å². The summed E-state index contributed by atoms with van der Waals surface area (Å²) in [7, 11) is 0. The van der Waals surface area contributed by atoms with E-state index in [1.807, 2.05) is 56.3 Å². The van der Waals surface area contributed by atoms with E-state index in [9.17, 15) is 14.4 Å². The van der Waals surface area contributed by atoms with Crippen molar-refractivity contribution >= 4 is 29.5 Å². The van der Waals surface area contributed by atoms with Gasteiger partial charge in [0.2, 0.25) is 5.91 Å². The molecule has 7 nitrogen and oxygen atoms in total. The molecule has 1 aromatic carbocycles. The molecule has 1 aliphatic rings. The maximum Gasteiger partial charge on any atom is 0.407 e. The molecule has 0 spiro atoms. The fourth-order valence-electron chi connectivity index (χ4n) is 4.73. The SMILES string of the molecule is CC(C)CC(NC(=O)OCC1CCCCCC1)C(=O)NC(Cc1ccccc1)C(=O)CSCc1ccco1. The number of nitrogens with one attached hydrogen (secondary N) is 2. The second-order valence-electron chi connectivity index (χ2n) is 10.6. The molecule has 38 heavy (non-hydrogen) atoms. The van der Waals surface area contributed by atoms with Crippen LogP contribution >= 0.6 is 11.8 Å². The van der Waals surface area contributed by atoms with Gasteiger partial charge in [-0.1, -0.05) is 69.9 Å². The molecular formula is C30H42N2O5S. The summed E-state index contributed by atoms with van der Waals surface area (Å²) in [5, 5.41) is 5.71. The summed E-state index contributed by atoms with van der Waals surface area (Å²) in [6.07, 6.45) is 8.84. The Morgan fingerprint density at radius 2 is 1.71 bits per heavy atom. The van der Waals surface area contributed by atoms with E-state index in [-0.39, 0.29) is 23.4 Å². The van der Waals surface area contributed by atoms with E-state index in [0.717, 1.165) is 24.2 Å². The number of Topliss-reactive ketones (excluding diaryl/α,β-unsaturated/α-hetero) is 1. The summed E-state index contributed by atoms with van der Waals surface area (Å²) in [6.45, 7) is 4.37.